The van der Waals surface area contributed by atoms with Crippen LogP contribution in [0.3, 0.4) is 0 Å². The molecule has 0 saturated heterocycles. The number of ether oxygens (including phenoxy) is 1. The van der Waals surface area contributed by atoms with Gasteiger partial charge in [0.2, 0.25) is 0 Å². The summed E-state index contributed by atoms with van der Waals surface area (Å²) in [6.07, 6.45) is 10.8. The molecule has 0 spiro atoms. The van der Waals surface area contributed by atoms with Crippen LogP contribution >= 0.6 is 0 Å². The Hall–Kier alpha value is -0.120. The van der Waals surface area contributed by atoms with E-state index in [1.54, 1.807) is 14.2 Å². The predicted octanol–water partition coefficient (Wildman–Crippen LogP) is 4.65. The van der Waals surface area contributed by atoms with Gasteiger partial charge in [0.25, 0.3) is 0 Å². The highest BCUT2D eigenvalue weighted by Gasteiger charge is 2.61. The quantitative estimate of drug-likeness (QED) is 0.710. The summed E-state index contributed by atoms with van der Waals surface area (Å²) in [6, 6.07) is 0. The molecule has 0 aliphatic heterocycles. The van der Waals surface area contributed by atoms with Crippen LogP contribution in [0.1, 0.15) is 78.6 Å². The zero-order valence-corrected chi connectivity index (χ0v) is 17.7. The van der Waals surface area contributed by atoms with E-state index in [0.29, 0.717) is 29.1 Å². The van der Waals surface area contributed by atoms with Gasteiger partial charge in [-0.1, -0.05) is 13.8 Å². The van der Waals surface area contributed by atoms with Crippen LogP contribution in [0.5, 0.6) is 0 Å². The number of fused-ring (bicyclic) bond motifs is 5. The number of rotatable bonds is 1. The lowest BCUT2D eigenvalue weighted by Crippen LogP contribution is -2.58. The zero-order chi connectivity index (χ0) is 19.1. The molecule has 0 heterocycles. The Kier molecular flexibility index (Phi) is 6.12. The van der Waals surface area contributed by atoms with Crippen molar-refractivity contribution in [2.45, 2.75) is 90.3 Å². The Labute approximate surface area is 160 Å². The average Bonchev–Trinajstić information content (AvgIpc) is 2.93. The van der Waals surface area contributed by atoms with Gasteiger partial charge in [0.15, 0.2) is 0 Å². The maximum atomic E-state index is 11.6. The molecule has 8 unspecified atom stereocenters. The van der Waals surface area contributed by atoms with E-state index in [0.717, 1.165) is 18.3 Å². The molecule has 4 fully saturated rings. The van der Waals surface area contributed by atoms with Gasteiger partial charge in [0.05, 0.1) is 11.7 Å². The fourth-order valence-electron chi connectivity index (χ4n) is 7.88. The van der Waals surface area contributed by atoms with Crippen molar-refractivity contribution < 1.29 is 14.9 Å². The second-order valence-corrected chi connectivity index (χ2v) is 10.4. The predicted molar refractivity (Wildman–Crippen MR) is 106 cm³/mol. The lowest BCUT2D eigenvalue weighted by atomic mass is 9.47. The summed E-state index contributed by atoms with van der Waals surface area (Å²) < 4.78 is 4.25. The molecule has 3 heteroatoms. The van der Waals surface area contributed by atoms with Crippen molar-refractivity contribution in [3.8, 4) is 0 Å². The molecule has 26 heavy (non-hydrogen) atoms. The molecular formula is C23H42O3. The van der Waals surface area contributed by atoms with Gasteiger partial charge >= 0.3 is 0 Å². The first-order chi connectivity index (χ1) is 12.3. The van der Waals surface area contributed by atoms with Gasteiger partial charge in [0.1, 0.15) is 0 Å². The van der Waals surface area contributed by atoms with Crippen LogP contribution in [0.15, 0.2) is 0 Å². The lowest BCUT2D eigenvalue weighted by Gasteiger charge is -2.60. The maximum absolute atomic E-state index is 11.6. The van der Waals surface area contributed by atoms with Gasteiger partial charge in [-0.3, -0.25) is 0 Å². The molecule has 2 N–H and O–H groups in total. The van der Waals surface area contributed by atoms with Crippen molar-refractivity contribution in [3.05, 3.63) is 0 Å². The maximum Gasteiger partial charge on any atom is 0.0706 e. The summed E-state index contributed by atoms with van der Waals surface area (Å²) in [5.74, 6) is 3.84. The fourth-order valence-corrected chi connectivity index (χ4v) is 7.88. The number of hydrogen-bond donors (Lipinski definition) is 2. The van der Waals surface area contributed by atoms with E-state index in [-0.39, 0.29) is 11.7 Å². The minimum Gasteiger partial charge on any atom is -0.393 e. The molecule has 0 bridgehead atoms. The van der Waals surface area contributed by atoms with Gasteiger partial charge in [-0.15, -0.1) is 0 Å². The molecule has 0 radical (unpaired) electrons. The van der Waals surface area contributed by atoms with Gasteiger partial charge in [-0.05, 0) is 106 Å². The summed E-state index contributed by atoms with van der Waals surface area (Å²) in [4.78, 5) is 0. The van der Waals surface area contributed by atoms with Crippen LogP contribution in [0, 0.1) is 40.9 Å². The molecule has 9 atom stereocenters. The van der Waals surface area contributed by atoms with E-state index >= 15 is 0 Å². The van der Waals surface area contributed by atoms with E-state index in [2.05, 4.69) is 18.6 Å². The van der Waals surface area contributed by atoms with E-state index in [1.807, 2.05) is 6.92 Å². The number of aliphatic hydroxyl groups excluding tert-OH is 1. The van der Waals surface area contributed by atoms with Crippen LogP contribution < -0.4 is 0 Å². The summed E-state index contributed by atoms with van der Waals surface area (Å²) >= 11 is 0. The Balaban J connectivity index is 0.000000613. The van der Waals surface area contributed by atoms with E-state index in [1.165, 1.54) is 51.4 Å². The molecule has 0 aromatic carbocycles. The molecule has 0 aromatic heterocycles. The monoisotopic (exact) mass is 366 g/mol. The third-order valence-corrected chi connectivity index (χ3v) is 9.01. The summed E-state index contributed by atoms with van der Waals surface area (Å²) in [5.41, 5.74) is -0.0415. The molecule has 4 saturated carbocycles. The number of methoxy groups -OCH3 is 1. The van der Waals surface area contributed by atoms with E-state index < -0.39 is 0 Å². The fraction of sp³-hybridized carbons (Fsp3) is 1.00. The highest BCUT2D eigenvalue weighted by Crippen LogP contribution is 2.65. The lowest BCUT2D eigenvalue weighted by molar-refractivity contribution is -0.183. The molecular weight excluding hydrogens is 324 g/mol. The number of hydrogen-bond acceptors (Lipinski definition) is 3. The smallest absolute Gasteiger partial charge is 0.0706 e. The topological polar surface area (TPSA) is 49.7 Å². The molecule has 152 valence electrons. The minimum absolute atomic E-state index is 0.170. The first-order valence-electron chi connectivity index (χ1n) is 11.1. The van der Waals surface area contributed by atoms with E-state index in [4.69, 9.17) is 0 Å². The van der Waals surface area contributed by atoms with Crippen LogP contribution in [-0.2, 0) is 4.74 Å². The molecule has 3 nitrogen and oxygen atoms in total. The van der Waals surface area contributed by atoms with Gasteiger partial charge in [-0.25, -0.2) is 0 Å². The van der Waals surface area contributed by atoms with Gasteiger partial charge < -0.3 is 14.9 Å². The van der Waals surface area contributed by atoms with Crippen molar-refractivity contribution in [1.29, 1.82) is 0 Å². The highest BCUT2D eigenvalue weighted by molar-refractivity contribution is 5.11. The first-order valence-corrected chi connectivity index (χ1v) is 11.1. The molecule has 4 rings (SSSR count). The normalized spacial score (nSPS) is 51.3. The van der Waals surface area contributed by atoms with Gasteiger partial charge in [0, 0.05) is 14.2 Å². The summed E-state index contributed by atoms with van der Waals surface area (Å²) in [7, 11) is 3.25. The van der Waals surface area contributed by atoms with Crippen LogP contribution in [0.2, 0.25) is 0 Å². The van der Waals surface area contributed by atoms with Crippen molar-refractivity contribution in [2.75, 3.05) is 14.2 Å². The average molecular weight is 367 g/mol. The van der Waals surface area contributed by atoms with Crippen molar-refractivity contribution in [1.82, 2.24) is 0 Å². The standard InChI is InChI=1S/C21H36O2.C2H6O/c1-13-8-11-21(23)15(12-13)4-5-16-18-7-6-17(14(2)22)20(18,3)10-9-19(16)21;1-3-2/h13-19,22-23H,4-12H2,1-3H3;1-2H3/t13?,14?,15?,16?,17?,18?,19?,20?,21-;/m1./s1. The van der Waals surface area contributed by atoms with Crippen molar-refractivity contribution in [2.24, 2.45) is 40.9 Å². The second-order valence-electron chi connectivity index (χ2n) is 10.4. The SMILES string of the molecule is CC1CC[C@@]2(O)C(CCC3C4CCC(C(C)O)C4(C)CCC32)C1.COC. The summed E-state index contributed by atoms with van der Waals surface area (Å²) in [5, 5.41) is 21.9. The van der Waals surface area contributed by atoms with Crippen molar-refractivity contribution >= 4 is 0 Å². The summed E-state index contributed by atoms with van der Waals surface area (Å²) in [6.45, 7) is 6.82. The van der Waals surface area contributed by atoms with Crippen molar-refractivity contribution in [3.63, 3.8) is 0 Å². The van der Waals surface area contributed by atoms with Crippen LogP contribution in [0.25, 0.3) is 0 Å². The Bertz CT molecular complexity index is 478. The zero-order valence-electron chi connectivity index (χ0n) is 17.7. The second kappa shape index (κ2) is 7.72. The van der Waals surface area contributed by atoms with Gasteiger partial charge in [-0.2, -0.15) is 0 Å². The minimum atomic E-state index is -0.361. The Morgan fingerprint density at radius 3 is 2.31 bits per heavy atom. The molecule has 0 aromatic rings. The molecule has 4 aliphatic carbocycles. The number of aliphatic hydroxyl groups is 2. The Morgan fingerprint density at radius 1 is 0.962 bits per heavy atom. The third-order valence-electron chi connectivity index (χ3n) is 9.01. The highest BCUT2D eigenvalue weighted by atomic mass is 16.4. The largest absolute Gasteiger partial charge is 0.393 e. The molecule has 4 aliphatic rings. The first kappa shape index (κ1) is 20.6. The van der Waals surface area contributed by atoms with Crippen LogP contribution in [0.4, 0.5) is 0 Å². The third kappa shape index (κ3) is 3.26. The Morgan fingerprint density at radius 2 is 1.65 bits per heavy atom. The van der Waals surface area contributed by atoms with Crippen LogP contribution in [-0.4, -0.2) is 36.1 Å². The molecule has 0 amide bonds. The van der Waals surface area contributed by atoms with E-state index in [9.17, 15) is 10.2 Å².